The molecule has 0 aliphatic carbocycles. The molecule has 0 amide bonds. The summed E-state index contributed by atoms with van der Waals surface area (Å²) < 4.78 is 13.2. The van der Waals surface area contributed by atoms with Gasteiger partial charge in [0.25, 0.3) is 0 Å². The molecule has 1 heterocycles. The van der Waals surface area contributed by atoms with Crippen LogP contribution in [0.1, 0.15) is 30.9 Å². The Kier molecular flexibility index (Phi) is 4.36. The molecule has 18 heavy (non-hydrogen) atoms. The highest BCUT2D eigenvalue weighted by Gasteiger charge is 2.26. The van der Waals surface area contributed by atoms with Crippen molar-refractivity contribution in [3.05, 3.63) is 35.1 Å². The van der Waals surface area contributed by atoms with Gasteiger partial charge in [-0.05, 0) is 48.9 Å². The maximum atomic E-state index is 13.2. The van der Waals surface area contributed by atoms with Crippen LogP contribution in [0.5, 0.6) is 0 Å². The van der Waals surface area contributed by atoms with Crippen LogP contribution < -0.4 is 0 Å². The van der Waals surface area contributed by atoms with E-state index in [1.54, 1.807) is 6.07 Å². The molecule has 2 atom stereocenters. The van der Waals surface area contributed by atoms with Crippen molar-refractivity contribution in [3.8, 4) is 0 Å². The van der Waals surface area contributed by atoms with Crippen LogP contribution in [0.3, 0.4) is 0 Å². The molecule has 2 nitrogen and oxygen atoms in total. The number of nitrogens with zero attached hydrogens (tertiary/aromatic N) is 1. The summed E-state index contributed by atoms with van der Waals surface area (Å²) in [5, 5.41) is 9.86. The number of aliphatic hydroxyl groups excluding tert-OH is 1. The van der Waals surface area contributed by atoms with Gasteiger partial charge in [0.15, 0.2) is 0 Å². The Morgan fingerprint density at radius 3 is 2.94 bits per heavy atom. The summed E-state index contributed by atoms with van der Waals surface area (Å²) in [6.07, 6.45) is 1.66. The number of piperidine rings is 1. The van der Waals surface area contributed by atoms with Crippen molar-refractivity contribution in [1.82, 2.24) is 4.90 Å². The van der Waals surface area contributed by atoms with E-state index in [-0.39, 0.29) is 11.9 Å². The van der Waals surface area contributed by atoms with Gasteiger partial charge in [-0.3, -0.25) is 4.90 Å². The molecule has 3 heteroatoms. The topological polar surface area (TPSA) is 23.5 Å². The Morgan fingerprint density at radius 2 is 2.22 bits per heavy atom. The van der Waals surface area contributed by atoms with Gasteiger partial charge in [-0.15, -0.1) is 0 Å². The third-order valence-electron chi connectivity index (χ3n) is 4.01. The van der Waals surface area contributed by atoms with Crippen LogP contribution in [0.2, 0.25) is 0 Å². The number of hydrogen-bond acceptors (Lipinski definition) is 2. The quantitative estimate of drug-likeness (QED) is 0.893. The number of hydrogen-bond donors (Lipinski definition) is 1. The second-order valence-corrected chi connectivity index (χ2v) is 5.33. The average Bonchev–Trinajstić information content (AvgIpc) is 2.36. The predicted molar refractivity (Wildman–Crippen MR) is 70.8 cm³/mol. The molecule has 1 aromatic rings. The second kappa shape index (κ2) is 5.81. The molecule has 1 aliphatic rings. The van der Waals surface area contributed by atoms with E-state index in [9.17, 15) is 9.50 Å². The number of halogens is 1. The number of benzene rings is 1. The first kappa shape index (κ1) is 13.5. The lowest BCUT2D eigenvalue weighted by molar-refractivity contribution is 0.0221. The number of aryl methyl sites for hydroxylation is 1. The zero-order chi connectivity index (χ0) is 13.1. The van der Waals surface area contributed by atoms with E-state index < -0.39 is 0 Å². The van der Waals surface area contributed by atoms with E-state index in [1.165, 1.54) is 6.07 Å². The third-order valence-corrected chi connectivity index (χ3v) is 4.01. The molecule has 0 bridgehead atoms. The van der Waals surface area contributed by atoms with Gasteiger partial charge in [-0.1, -0.05) is 13.0 Å². The molecule has 0 radical (unpaired) electrons. The molecule has 1 aromatic carbocycles. The lowest BCUT2D eigenvalue weighted by Crippen LogP contribution is -2.42. The number of aliphatic hydroxyl groups is 1. The van der Waals surface area contributed by atoms with Crippen LogP contribution in [0.25, 0.3) is 0 Å². The zero-order valence-electron chi connectivity index (χ0n) is 11.2. The standard InChI is InChI=1S/C15H22FNO/c1-3-12-9-17(7-6-15(12)18)10-13-8-14(16)5-4-11(13)2/h4-5,8,12,15,18H,3,6-7,9-10H2,1-2H3. The highest BCUT2D eigenvalue weighted by Crippen LogP contribution is 2.22. The van der Waals surface area contributed by atoms with E-state index in [0.717, 1.165) is 43.6 Å². The summed E-state index contributed by atoms with van der Waals surface area (Å²) in [4.78, 5) is 2.32. The van der Waals surface area contributed by atoms with Gasteiger partial charge in [-0.25, -0.2) is 4.39 Å². The molecular formula is C15H22FNO. The van der Waals surface area contributed by atoms with E-state index in [1.807, 2.05) is 13.0 Å². The van der Waals surface area contributed by atoms with Crippen LogP contribution in [0, 0.1) is 18.7 Å². The lowest BCUT2D eigenvalue weighted by atomic mass is 9.92. The first-order valence-electron chi connectivity index (χ1n) is 6.75. The van der Waals surface area contributed by atoms with Crippen LogP contribution >= 0.6 is 0 Å². The lowest BCUT2D eigenvalue weighted by Gasteiger charge is -2.36. The van der Waals surface area contributed by atoms with Crippen LogP contribution in [0.4, 0.5) is 4.39 Å². The van der Waals surface area contributed by atoms with E-state index in [0.29, 0.717) is 5.92 Å². The van der Waals surface area contributed by atoms with Crippen molar-refractivity contribution in [1.29, 1.82) is 0 Å². The Balaban J connectivity index is 2.03. The molecule has 1 aliphatic heterocycles. The second-order valence-electron chi connectivity index (χ2n) is 5.33. The highest BCUT2D eigenvalue weighted by molar-refractivity contribution is 5.26. The fraction of sp³-hybridized carbons (Fsp3) is 0.600. The molecule has 100 valence electrons. The fourth-order valence-corrected chi connectivity index (χ4v) is 2.69. The largest absolute Gasteiger partial charge is 0.393 e. The van der Waals surface area contributed by atoms with Crippen molar-refractivity contribution in [2.24, 2.45) is 5.92 Å². The summed E-state index contributed by atoms with van der Waals surface area (Å²) in [6, 6.07) is 4.97. The maximum Gasteiger partial charge on any atom is 0.123 e. The van der Waals surface area contributed by atoms with Crippen molar-refractivity contribution in [2.45, 2.75) is 39.3 Å². The zero-order valence-corrected chi connectivity index (χ0v) is 11.2. The SMILES string of the molecule is CCC1CN(Cc2cc(F)ccc2C)CCC1O. The van der Waals surface area contributed by atoms with Gasteiger partial charge >= 0.3 is 0 Å². The average molecular weight is 251 g/mol. The number of rotatable bonds is 3. The Hall–Kier alpha value is -0.930. The molecule has 0 spiro atoms. The summed E-state index contributed by atoms with van der Waals surface area (Å²) in [5.74, 6) is 0.187. The molecule has 2 rings (SSSR count). The molecule has 0 aromatic heterocycles. The van der Waals surface area contributed by atoms with Crippen molar-refractivity contribution >= 4 is 0 Å². The van der Waals surface area contributed by atoms with E-state index >= 15 is 0 Å². The normalized spacial score (nSPS) is 25.3. The monoisotopic (exact) mass is 251 g/mol. The fourth-order valence-electron chi connectivity index (χ4n) is 2.69. The smallest absolute Gasteiger partial charge is 0.123 e. The van der Waals surface area contributed by atoms with Gasteiger partial charge in [0.2, 0.25) is 0 Å². The predicted octanol–water partition coefficient (Wildman–Crippen LogP) is 2.73. The van der Waals surface area contributed by atoms with Crippen molar-refractivity contribution in [3.63, 3.8) is 0 Å². The summed E-state index contributed by atoms with van der Waals surface area (Å²) in [7, 11) is 0. The molecule has 0 saturated carbocycles. The van der Waals surface area contributed by atoms with Gasteiger partial charge in [0, 0.05) is 19.6 Å². The molecule has 1 fully saturated rings. The van der Waals surface area contributed by atoms with Crippen LogP contribution in [-0.2, 0) is 6.54 Å². The van der Waals surface area contributed by atoms with Crippen molar-refractivity contribution in [2.75, 3.05) is 13.1 Å². The molecule has 1 saturated heterocycles. The minimum Gasteiger partial charge on any atom is -0.393 e. The van der Waals surface area contributed by atoms with E-state index in [4.69, 9.17) is 0 Å². The van der Waals surface area contributed by atoms with Gasteiger partial charge in [-0.2, -0.15) is 0 Å². The van der Waals surface area contributed by atoms with Crippen LogP contribution in [-0.4, -0.2) is 29.2 Å². The summed E-state index contributed by atoms with van der Waals surface area (Å²) in [6.45, 7) is 6.73. The summed E-state index contributed by atoms with van der Waals surface area (Å²) in [5.41, 5.74) is 2.19. The van der Waals surface area contributed by atoms with Gasteiger partial charge in [0.1, 0.15) is 5.82 Å². The Morgan fingerprint density at radius 1 is 1.44 bits per heavy atom. The molecular weight excluding hydrogens is 229 g/mol. The Bertz CT molecular complexity index is 407. The molecule has 2 unspecified atom stereocenters. The first-order valence-corrected chi connectivity index (χ1v) is 6.75. The van der Waals surface area contributed by atoms with E-state index in [2.05, 4.69) is 11.8 Å². The van der Waals surface area contributed by atoms with Crippen molar-refractivity contribution < 1.29 is 9.50 Å². The summed E-state index contributed by atoms with van der Waals surface area (Å²) >= 11 is 0. The Labute approximate surface area is 108 Å². The first-order chi connectivity index (χ1) is 8.60. The van der Waals surface area contributed by atoms with Gasteiger partial charge < -0.3 is 5.11 Å². The third kappa shape index (κ3) is 3.09. The highest BCUT2D eigenvalue weighted by atomic mass is 19.1. The maximum absolute atomic E-state index is 13.2. The minimum absolute atomic E-state index is 0.167. The van der Waals surface area contributed by atoms with Gasteiger partial charge in [0.05, 0.1) is 6.10 Å². The minimum atomic E-state index is -0.167. The van der Waals surface area contributed by atoms with Crippen LogP contribution in [0.15, 0.2) is 18.2 Å². The molecule has 1 N–H and O–H groups in total. The number of likely N-dealkylation sites (tertiary alicyclic amines) is 1.